The van der Waals surface area contributed by atoms with Crippen molar-refractivity contribution in [3.8, 4) is 0 Å². The number of hydrogen-bond acceptors (Lipinski definition) is 5. The molecule has 2 aromatic carbocycles. The predicted octanol–water partition coefficient (Wildman–Crippen LogP) is 3.25. The van der Waals surface area contributed by atoms with E-state index < -0.39 is 5.97 Å². The van der Waals surface area contributed by atoms with Gasteiger partial charge in [-0.1, -0.05) is 47.1 Å². The molecular formula is C17H17ClN2O3. The molecule has 0 aliphatic heterocycles. The van der Waals surface area contributed by atoms with Gasteiger partial charge < -0.3 is 15.3 Å². The number of nitrogen functional groups attached to an aromatic ring is 1. The Morgan fingerprint density at radius 2 is 1.96 bits per heavy atom. The fourth-order valence-corrected chi connectivity index (χ4v) is 2.11. The fraction of sp³-hybridized carbons (Fsp3) is 0.176. The summed E-state index contributed by atoms with van der Waals surface area (Å²) in [5.74, 6) is -0.484. The third-order valence-electron chi connectivity index (χ3n) is 2.96. The summed E-state index contributed by atoms with van der Waals surface area (Å²) in [7, 11) is 0. The van der Waals surface area contributed by atoms with E-state index in [9.17, 15) is 4.79 Å². The molecule has 0 aliphatic rings. The first kappa shape index (κ1) is 16.8. The summed E-state index contributed by atoms with van der Waals surface area (Å²) in [6, 6.07) is 14.5. The van der Waals surface area contributed by atoms with Gasteiger partial charge in [0, 0.05) is 21.8 Å². The van der Waals surface area contributed by atoms with Crippen molar-refractivity contribution in [2.24, 2.45) is 5.16 Å². The molecule has 0 heterocycles. The topological polar surface area (TPSA) is 73.9 Å². The van der Waals surface area contributed by atoms with Crippen molar-refractivity contribution in [1.82, 2.24) is 0 Å². The summed E-state index contributed by atoms with van der Waals surface area (Å²) in [4.78, 5) is 16.5. The highest BCUT2D eigenvalue weighted by Gasteiger charge is 2.13. The maximum Gasteiger partial charge on any atom is 0.347 e. The number of anilines is 1. The molecule has 0 bridgehead atoms. The van der Waals surface area contributed by atoms with Crippen molar-refractivity contribution < 1.29 is 14.4 Å². The van der Waals surface area contributed by atoms with Crippen LogP contribution in [0.15, 0.2) is 53.7 Å². The molecule has 0 radical (unpaired) electrons. The minimum atomic E-state index is -0.484. The molecule has 6 heteroatoms. The second kappa shape index (κ2) is 8.19. The Labute approximate surface area is 139 Å². The molecule has 0 amide bonds. The van der Waals surface area contributed by atoms with E-state index in [0.29, 0.717) is 28.6 Å². The molecule has 2 N–H and O–H groups in total. The largest absolute Gasteiger partial charge is 0.463 e. The van der Waals surface area contributed by atoms with Gasteiger partial charge in [0.2, 0.25) is 6.61 Å². The quantitative estimate of drug-likeness (QED) is 0.381. The molecule has 2 rings (SSSR count). The predicted molar refractivity (Wildman–Crippen MR) is 90.5 cm³/mol. The maximum atomic E-state index is 11.4. The van der Waals surface area contributed by atoms with E-state index >= 15 is 0 Å². The van der Waals surface area contributed by atoms with Crippen molar-refractivity contribution in [3.05, 3.63) is 64.7 Å². The number of ether oxygens (including phenoxy) is 1. The summed E-state index contributed by atoms with van der Waals surface area (Å²) in [5.41, 5.74) is 8.45. The van der Waals surface area contributed by atoms with Gasteiger partial charge in [-0.05, 0) is 25.1 Å². The number of oxime groups is 1. The van der Waals surface area contributed by atoms with E-state index in [0.717, 1.165) is 5.56 Å². The third kappa shape index (κ3) is 4.72. The van der Waals surface area contributed by atoms with Crippen molar-refractivity contribution >= 4 is 29.0 Å². The van der Waals surface area contributed by atoms with Crippen molar-refractivity contribution in [2.45, 2.75) is 6.92 Å². The normalized spacial score (nSPS) is 11.1. The van der Waals surface area contributed by atoms with Crippen LogP contribution >= 0.6 is 11.6 Å². The van der Waals surface area contributed by atoms with E-state index in [1.165, 1.54) is 0 Å². The maximum absolute atomic E-state index is 11.4. The van der Waals surface area contributed by atoms with Gasteiger partial charge in [-0.3, -0.25) is 0 Å². The molecule has 23 heavy (non-hydrogen) atoms. The van der Waals surface area contributed by atoms with Crippen LogP contribution in [0.25, 0.3) is 0 Å². The van der Waals surface area contributed by atoms with Crippen LogP contribution in [0.5, 0.6) is 0 Å². The first-order valence-electron chi connectivity index (χ1n) is 7.08. The number of benzene rings is 2. The lowest BCUT2D eigenvalue weighted by molar-refractivity contribution is -0.148. The highest BCUT2D eigenvalue weighted by Crippen LogP contribution is 2.22. The highest BCUT2D eigenvalue weighted by molar-refractivity contribution is 6.31. The molecule has 0 unspecified atom stereocenters. The van der Waals surface area contributed by atoms with Crippen LogP contribution < -0.4 is 5.73 Å². The molecule has 0 saturated heterocycles. The second-order valence-corrected chi connectivity index (χ2v) is 5.05. The molecule has 0 aromatic heterocycles. The molecule has 5 nitrogen and oxygen atoms in total. The number of carbonyl (C=O) groups excluding carboxylic acids is 1. The summed E-state index contributed by atoms with van der Waals surface area (Å²) in [5, 5.41) is 4.60. The highest BCUT2D eigenvalue weighted by atomic mass is 35.5. The van der Waals surface area contributed by atoms with Crippen molar-refractivity contribution in [3.63, 3.8) is 0 Å². The minimum absolute atomic E-state index is 0.273. The van der Waals surface area contributed by atoms with E-state index in [4.69, 9.17) is 26.9 Å². The Balaban J connectivity index is 2.33. The van der Waals surface area contributed by atoms with Crippen LogP contribution in [-0.4, -0.2) is 24.9 Å². The van der Waals surface area contributed by atoms with Gasteiger partial charge in [0.1, 0.15) is 5.71 Å². The zero-order valence-corrected chi connectivity index (χ0v) is 13.4. The fourth-order valence-electron chi connectivity index (χ4n) is 1.94. The lowest BCUT2D eigenvalue weighted by atomic mass is 10.0. The van der Waals surface area contributed by atoms with Crippen molar-refractivity contribution in [1.29, 1.82) is 0 Å². The Hall–Kier alpha value is -2.53. The van der Waals surface area contributed by atoms with E-state index in [2.05, 4.69) is 5.16 Å². The zero-order chi connectivity index (χ0) is 16.7. The molecule has 0 spiro atoms. The minimum Gasteiger partial charge on any atom is -0.463 e. The summed E-state index contributed by atoms with van der Waals surface area (Å²) < 4.78 is 4.80. The summed E-state index contributed by atoms with van der Waals surface area (Å²) in [6.07, 6.45) is 0. The summed E-state index contributed by atoms with van der Waals surface area (Å²) >= 11 is 6.05. The van der Waals surface area contributed by atoms with Crippen LogP contribution in [0.2, 0.25) is 5.02 Å². The number of esters is 1. The van der Waals surface area contributed by atoms with E-state index in [1.54, 1.807) is 25.1 Å². The SMILES string of the molecule is CCOC(=O)CO/N=C(/c1ccccc1)c1cc(Cl)ccc1N. The Bertz CT molecular complexity index is 702. The van der Waals surface area contributed by atoms with E-state index in [1.807, 2.05) is 30.3 Å². The Kier molecular flexibility index (Phi) is 6.00. The smallest absolute Gasteiger partial charge is 0.347 e. The van der Waals surface area contributed by atoms with Gasteiger partial charge in [0.05, 0.1) is 6.61 Å². The second-order valence-electron chi connectivity index (χ2n) is 4.62. The van der Waals surface area contributed by atoms with Gasteiger partial charge >= 0.3 is 5.97 Å². The number of carbonyl (C=O) groups is 1. The lowest BCUT2D eigenvalue weighted by Gasteiger charge is -2.10. The van der Waals surface area contributed by atoms with Crippen LogP contribution in [0.1, 0.15) is 18.1 Å². The lowest BCUT2D eigenvalue weighted by Crippen LogP contribution is -2.13. The average molecular weight is 333 g/mol. The van der Waals surface area contributed by atoms with Crippen LogP contribution in [0.3, 0.4) is 0 Å². The molecule has 0 fully saturated rings. The molecule has 2 aromatic rings. The van der Waals surface area contributed by atoms with Crippen molar-refractivity contribution in [2.75, 3.05) is 18.9 Å². The number of halogens is 1. The Morgan fingerprint density at radius 3 is 2.65 bits per heavy atom. The van der Waals surface area contributed by atoms with Crippen LogP contribution in [-0.2, 0) is 14.4 Å². The van der Waals surface area contributed by atoms with Gasteiger partial charge in [-0.25, -0.2) is 4.79 Å². The van der Waals surface area contributed by atoms with Gasteiger partial charge in [-0.15, -0.1) is 0 Å². The van der Waals surface area contributed by atoms with E-state index in [-0.39, 0.29) is 6.61 Å². The first-order chi connectivity index (χ1) is 11.1. The molecule has 0 atom stereocenters. The summed E-state index contributed by atoms with van der Waals surface area (Å²) in [6.45, 7) is 1.74. The molecule has 0 saturated carbocycles. The number of nitrogens with zero attached hydrogens (tertiary/aromatic N) is 1. The third-order valence-corrected chi connectivity index (χ3v) is 3.20. The van der Waals surface area contributed by atoms with Gasteiger partial charge in [-0.2, -0.15) is 0 Å². The number of nitrogens with two attached hydrogens (primary N) is 1. The monoisotopic (exact) mass is 332 g/mol. The molecular weight excluding hydrogens is 316 g/mol. The standard InChI is InChI=1S/C17H17ClN2O3/c1-2-22-16(21)11-23-20-17(12-6-4-3-5-7-12)14-10-13(18)8-9-15(14)19/h3-10H,2,11,19H2,1H3/b20-17-. The van der Waals surface area contributed by atoms with Crippen LogP contribution in [0.4, 0.5) is 5.69 Å². The Morgan fingerprint density at radius 1 is 1.22 bits per heavy atom. The van der Waals surface area contributed by atoms with Gasteiger partial charge in [0.25, 0.3) is 0 Å². The number of hydrogen-bond donors (Lipinski definition) is 1. The average Bonchev–Trinajstić information content (AvgIpc) is 2.55. The van der Waals surface area contributed by atoms with Gasteiger partial charge in [0.15, 0.2) is 0 Å². The zero-order valence-electron chi connectivity index (χ0n) is 12.7. The van der Waals surface area contributed by atoms with Crippen LogP contribution in [0, 0.1) is 0 Å². The first-order valence-corrected chi connectivity index (χ1v) is 7.46. The molecule has 120 valence electrons. The number of rotatable bonds is 6. The molecule has 0 aliphatic carbocycles.